The van der Waals surface area contributed by atoms with Gasteiger partial charge in [-0.3, -0.25) is 0 Å². The van der Waals surface area contributed by atoms with Crippen LogP contribution in [0.4, 0.5) is 0 Å². The maximum Gasteiger partial charge on any atom is 0 e. The van der Waals surface area contributed by atoms with Gasteiger partial charge in [0.05, 0.1) is 0 Å². The third kappa shape index (κ3) is 8.83. The van der Waals surface area contributed by atoms with Crippen molar-refractivity contribution in [2.75, 3.05) is 0 Å². The van der Waals surface area contributed by atoms with Crippen molar-refractivity contribution in [1.29, 1.82) is 0 Å². The molecule has 0 aliphatic rings. The third-order valence-electron chi connectivity index (χ3n) is 0. The van der Waals surface area contributed by atoms with Crippen LogP contribution >= 0.6 is 0 Å². The molecule has 0 saturated heterocycles. The smallest absolute Gasteiger partial charge is 0 e. The molecule has 0 spiro atoms. The molecule has 0 aromatic carbocycles. The number of hydrogen-bond acceptors (Lipinski definition) is 0. The van der Waals surface area contributed by atoms with Crippen LogP contribution < -0.4 is 0 Å². The Balaban J connectivity index is 0. The van der Waals surface area contributed by atoms with E-state index in [1.54, 1.807) is 0 Å². The summed E-state index contributed by atoms with van der Waals surface area (Å²) < 4.78 is 0. The van der Waals surface area contributed by atoms with Crippen molar-refractivity contribution in [3.05, 3.63) is 0 Å². The second-order valence-corrected chi connectivity index (χ2v) is 0. The van der Waals surface area contributed by atoms with Gasteiger partial charge in [0.1, 0.15) is 0 Å². The van der Waals surface area contributed by atoms with E-state index in [1.807, 2.05) is 0 Å². The van der Waals surface area contributed by atoms with Crippen LogP contribution in [0.25, 0.3) is 0 Å². The van der Waals surface area contributed by atoms with Crippen molar-refractivity contribution in [2.45, 2.75) is 0 Å². The van der Waals surface area contributed by atoms with Gasteiger partial charge in [-0.05, 0) is 0 Å². The molecule has 0 saturated carbocycles. The summed E-state index contributed by atoms with van der Waals surface area (Å²) >= 11 is 0. The minimum atomic E-state index is 0. The average molecular weight is 311 g/mol. The second-order valence-electron chi connectivity index (χ2n) is 0. The Hall–Kier alpha value is 2.71. The maximum atomic E-state index is 0. The van der Waals surface area contributed by atoms with Gasteiger partial charge in [-0.2, -0.15) is 0 Å². The fourth-order valence-corrected chi connectivity index (χ4v) is 0. The van der Waals surface area contributed by atoms with Gasteiger partial charge in [0, 0.05) is 85.9 Å². The van der Waals surface area contributed by atoms with Gasteiger partial charge >= 0.3 is 0 Å². The summed E-state index contributed by atoms with van der Waals surface area (Å²) in [6.07, 6.45) is 0. The molecule has 0 aromatic heterocycles. The first-order valence-corrected chi connectivity index (χ1v) is 0. The van der Waals surface area contributed by atoms with Gasteiger partial charge < -0.3 is 0 Å². The molecule has 0 amide bonds. The third-order valence-corrected chi connectivity index (χ3v) is 0. The van der Waals surface area contributed by atoms with Crippen LogP contribution in [0, 0.1) is 35.6 Å². The molecule has 0 nitrogen and oxygen atoms in total. The summed E-state index contributed by atoms with van der Waals surface area (Å²) in [5.41, 5.74) is 0. The first-order valence-electron chi connectivity index (χ1n) is 0. The van der Waals surface area contributed by atoms with E-state index in [9.17, 15) is 0 Å². The zero-order chi connectivity index (χ0) is 0. The molecule has 0 aliphatic heterocycles. The molecule has 3 radical (unpaired) electrons. The Kier molecular flexibility index (Phi) is 128. The van der Waals surface area contributed by atoms with E-state index in [4.69, 9.17) is 0 Å². The van der Waals surface area contributed by atoms with Crippen LogP contribution in [0.3, 0.4) is 0 Å². The zero-order valence-corrected chi connectivity index (χ0v) is 8.44. The Morgan fingerprint density at radius 1 is 1.00 bits per heavy atom. The molecule has 4 heteroatoms. The van der Waals surface area contributed by atoms with E-state index in [0.717, 1.165) is 0 Å². The van der Waals surface area contributed by atoms with E-state index in [1.165, 1.54) is 0 Å². The maximum absolute atomic E-state index is 0. The summed E-state index contributed by atoms with van der Waals surface area (Å²) in [7, 11) is 0. The molecule has 0 unspecified atom stereocenters. The fourth-order valence-electron chi connectivity index (χ4n) is 0. The first-order chi connectivity index (χ1) is 0. The molecule has 0 heterocycles. The Morgan fingerprint density at radius 2 is 1.00 bits per heavy atom. The van der Waals surface area contributed by atoms with Crippen molar-refractivity contribution in [3.8, 4) is 0 Å². The summed E-state index contributed by atoms with van der Waals surface area (Å²) in [5, 5.41) is 0. The van der Waals surface area contributed by atoms with Crippen molar-refractivity contribution in [2.24, 2.45) is 0 Å². The van der Waals surface area contributed by atoms with Crippen LogP contribution in [0.2, 0.25) is 0 Å². The van der Waals surface area contributed by atoms with Crippen LogP contribution in [0.1, 0.15) is 0 Å². The predicted molar refractivity (Wildman–Crippen MR) is 0 cm³/mol. The van der Waals surface area contributed by atoms with E-state index >= 15 is 0 Å². The van der Waals surface area contributed by atoms with Crippen LogP contribution in [0.5, 0.6) is 0 Å². The molecule has 4 heavy (non-hydrogen) atoms. The summed E-state index contributed by atoms with van der Waals surface area (Å²) in [4.78, 5) is 0. The molecule has 0 rings (SSSR count). The quantitative estimate of drug-likeness (QED) is 0.552. The Morgan fingerprint density at radius 3 is 1.00 bits per heavy atom. The van der Waals surface area contributed by atoms with Gasteiger partial charge in [-0.25, -0.2) is 0 Å². The van der Waals surface area contributed by atoms with Crippen molar-refractivity contribution in [3.63, 3.8) is 0 Å². The molecule has 0 N–H and O–H groups in total. The average Bonchev–Trinajstić information content (AvgIpc) is 0. The van der Waals surface area contributed by atoms with Crippen molar-refractivity contribution < 1.29 is 85.9 Å². The zero-order valence-electron chi connectivity index (χ0n) is 1.60. The van der Waals surface area contributed by atoms with E-state index in [-0.39, 0.29) is 85.9 Å². The molecule has 0 atom stereocenters. The summed E-state index contributed by atoms with van der Waals surface area (Å²) in [6.45, 7) is 0. The molecule has 0 fully saturated rings. The Labute approximate surface area is 84.4 Å². The van der Waals surface area contributed by atoms with Gasteiger partial charge in [-0.1, -0.05) is 0 Å². The van der Waals surface area contributed by atoms with Gasteiger partial charge in [0.2, 0.25) is 0 Å². The predicted octanol–water partition coefficient (Wildman–Crippen LogP) is -0.00750. The topological polar surface area (TPSA) is 0 Å². The largest absolute Gasteiger partial charge is 0 e. The van der Waals surface area contributed by atoms with Gasteiger partial charge in [0.15, 0.2) is 0 Å². The van der Waals surface area contributed by atoms with E-state index in [2.05, 4.69) is 0 Å². The number of rotatable bonds is 0. The van der Waals surface area contributed by atoms with E-state index < -0.39 is 0 Å². The Bertz CT molecular complexity index is 8.00. The van der Waals surface area contributed by atoms with Crippen LogP contribution in [0.15, 0.2) is 0 Å². The van der Waals surface area contributed by atoms with Gasteiger partial charge in [-0.15, -0.1) is 0 Å². The summed E-state index contributed by atoms with van der Waals surface area (Å²) in [5.74, 6) is 0. The molecule has 0 aromatic rings. The normalized spacial score (nSPS) is 0. The summed E-state index contributed by atoms with van der Waals surface area (Å²) in [6, 6.07) is 0. The van der Waals surface area contributed by atoms with Crippen LogP contribution in [-0.2, 0) is 50.3 Å². The first kappa shape index (κ1) is 29.8. The SMILES string of the molecule is [Co].[La].[Mn].[Ni]. The number of hydrogen-bond donors (Lipinski definition) is 0. The van der Waals surface area contributed by atoms with Crippen molar-refractivity contribution in [1.82, 2.24) is 0 Å². The second kappa shape index (κ2) is 17.2. The standard InChI is InChI=1S/Co.La.Mn.Ni. The molecule has 29 valence electrons. The molecular weight excluding hydrogens is 311 g/mol. The minimum absolute atomic E-state index is 0. The molecule has 0 bridgehead atoms. The van der Waals surface area contributed by atoms with Crippen molar-refractivity contribution >= 4 is 0 Å². The molecular formula is CoLaMnNi. The van der Waals surface area contributed by atoms with Crippen LogP contribution in [-0.4, -0.2) is 0 Å². The molecule has 0 aliphatic carbocycles. The van der Waals surface area contributed by atoms with Gasteiger partial charge in [0.25, 0.3) is 0 Å². The minimum Gasteiger partial charge on any atom is 0 e. The monoisotopic (exact) mass is 311 g/mol. The fraction of sp³-hybridized carbons (Fsp3) is 0. The van der Waals surface area contributed by atoms with E-state index in [0.29, 0.717) is 0 Å².